The lowest BCUT2D eigenvalue weighted by Crippen LogP contribution is -2.18. The molecule has 0 saturated heterocycles. The number of aromatic nitrogens is 2. The maximum atomic E-state index is 11.8. The van der Waals surface area contributed by atoms with Gasteiger partial charge in [-0.3, -0.25) is 9.78 Å². The van der Waals surface area contributed by atoms with E-state index in [1.807, 2.05) is 0 Å². The van der Waals surface area contributed by atoms with Gasteiger partial charge in [0.2, 0.25) is 5.95 Å². The first-order valence-electron chi connectivity index (χ1n) is 5.56. The summed E-state index contributed by atoms with van der Waals surface area (Å²) < 4.78 is 22.0. The summed E-state index contributed by atoms with van der Waals surface area (Å²) in [5, 5.41) is 3.17. The summed E-state index contributed by atoms with van der Waals surface area (Å²) in [6, 6.07) is 4.83. The quantitative estimate of drug-likeness (QED) is 0.677. The zero-order valence-electron chi connectivity index (χ0n) is 10.3. The van der Waals surface area contributed by atoms with Crippen molar-refractivity contribution >= 4 is 32.4 Å². The van der Waals surface area contributed by atoms with Gasteiger partial charge >= 0.3 is 0 Å². The van der Waals surface area contributed by atoms with E-state index < -0.39 is 9.84 Å². The van der Waals surface area contributed by atoms with Crippen LogP contribution in [0, 0.1) is 0 Å². The van der Waals surface area contributed by atoms with E-state index in [1.54, 1.807) is 18.2 Å². The molecule has 0 aliphatic rings. The van der Waals surface area contributed by atoms with Gasteiger partial charge in [0.1, 0.15) is 9.84 Å². The Balaban J connectivity index is 2.26. The highest BCUT2D eigenvalue weighted by molar-refractivity contribution is 7.90. The molecular formula is C11H14N4O3S. The van der Waals surface area contributed by atoms with Gasteiger partial charge in [-0.2, -0.15) is 0 Å². The van der Waals surface area contributed by atoms with Crippen molar-refractivity contribution in [3.05, 3.63) is 28.6 Å². The second-order valence-electron chi connectivity index (χ2n) is 4.25. The van der Waals surface area contributed by atoms with Crippen LogP contribution in [0.2, 0.25) is 0 Å². The topological polar surface area (TPSA) is 118 Å². The molecule has 102 valence electrons. The van der Waals surface area contributed by atoms with Gasteiger partial charge in [0.05, 0.1) is 16.7 Å². The average molecular weight is 282 g/mol. The van der Waals surface area contributed by atoms with Crippen molar-refractivity contribution in [2.75, 3.05) is 29.6 Å². The Kier molecular flexibility index (Phi) is 3.43. The van der Waals surface area contributed by atoms with Gasteiger partial charge in [-0.25, -0.2) is 13.4 Å². The number of hydrogen-bond donors (Lipinski definition) is 3. The molecule has 19 heavy (non-hydrogen) atoms. The van der Waals surface area contributed by atoms with Crippen LogP contribution in [0.25, 0.3) is 10.9 Å². The van der Waals surface area contributed by atoms with E-state index in [4.69, 9.17) is 5.73 Å². The molecule has 1 aromatic heterocycles. The third-order valence-electron chi connectivity index (χ3n) is 2.49. The van der Waals surface area contributed by atoms with E-state index in [-0.39, 0.29) is 23.8 Å². The molecule has 0 bridgehead atoms. The van der Waals surface area contributed by atoms with E-state index in [1.165, 1.54) is 0 Å². The van der Waals surface area contributed by atoms with Crippen LogP contribution in [0.3, 0.4) is 0 Å². The number of nitrogens with zero attached hydrogens (tertiary/aromatic N) is 1. The molecule has 1 heterocycles. The first-order valence-corrected chi connectivity index (χ1v) is 7.62. The molecule has 0 aliphatic heterocycles. The molecule has 0 saturated carbocycles. The number of fused-ring (bicyclic) bond motifs is 1. The highest BCUT2D eigenvalue weighted by Crippen LogP contribution is 2.12. The summed E-state index contributed by atoms with van der Waals surface area (Å²) in [4.78, 5) is 18.5. The summed E-state index contributed by atoms with van der Waals surface area (Å²) in [6.45, 7) is 0.183. The molecular weight excluding hydrogens is 268 g/mol. The molecule has 0 unspecified atom stereocenters. The highest BCUT2D eigenvalue weighted by atomic mass is 32.2. The summed E-state index contributed by atoms with van der Waals surface area (Å²) in [5.74, 6) is 0.210. The second kappa shape index (κ2) is 4.88. The Morgan fingerprint density at radius 3 is 2.84 bits per heavy atom. The summed E-state index contributed by atoms with van der Waals surface area (Å²) in [7, 11) is -3.05. The molecule has 0 radical (unpaired) electrons. The molecule has 2 aromatic rings. The number of sulfone groups is 1. The van der Waals surface area contributed by atoms with Crippen LogP contribution in [-0.2, 0) is 9.84 Å². The molecule has 0 atom stereocenters. The number of anilines is 2. The van der Waals surface area contributed by atoms with Gasteiger partial charge < -0.3 is 11.1 Å². The van der Waals surface area contributed by atoms with E-state index in [2.05, 4.69) is 15.3 Å². The Labute approximate surface area is 109 Å². The largest absolute Gasteiger partial charge is 0.399 e. The van der Waals surface area contributed by atoms with Crippen molar-refractivity contribution in [3.63, 3.8) is 0 Å². The zero-order valence-corrected chi connectivity index (χ0v) is 11.1. The lowest BCUT2D eigenvalue weighted by molar-refractivity contribution is 0.602. The highest BCUT2D eigenvalue weighted by Gasteiger charge is 2.05. The predicted molar refractivity (Wildman–Crippen MR) is 75.0 cm³/mol. The standard InChI is InChI=1S/C11H14N4O3S/c1-19(17,18)5-4-13-11-14-9-3-2-7(12)6-8(9)10(16)15-11/h2-3,6H,4-5,12H2,1H3,(H2,13,14,15,16). The third kappa shape index (κ3) is 3.44. The minimum Gasteiger partial charge on any atom is -0.399 e. The van der Waals surface area contributed by atoms with Crippen LogP contribution in [0.15, 0.2) is 23.0 Å². The number of H-pyrrole nitrogens is 1. The van der Waals surface area contributed by atoms with Gasteiger partial charge in [0.25, 0.3) is 5.56 Å². The molecule has 2 rings (SSSR count). The fraction of sp³-hybridized carbons (Fsp3) is 0.273. The van der Waals surface area contributed by atoms with Crippen LogP contribution in [0.1, 0.15) is 0 Å². The maximum Gasteiger partial charge on any atom is 0.260 e. The number of hydrogen-bond acceptors (Lipinski definition) is 6. The van der Waals surface area contributed by atoms with Crippen molar-refractivity contribution in [2.24, 2.45) is 0 Å². The minimum absolute atomic E-state index is 0.0313. The number of nitrogens with one attached hydrogen (secondary N) is 2. The van der Waals surface area contributed by atoms with Crippen LogP contribution < -0.4 is 16.6 Å². The van der Waals surface area contributed by atoms with Crippen molar-refractivity contribution in [1.29, 1.82) is 0 Å². The Morgan fingerprint density at radius 2 is 2.16 bits per heavy atom. The lowest BCUT2D eigenvalue weighted by Gasteiger charge is -2.06. The number of rotatable bonds is 4. The van der Waals surface area contributed by atoms with Crippen molar-refractivity contribution in [2.45, 2.75) is 0 Å². The Morgan fingerprint density at radius 1 is 1.42 bits per heavy atom. The normalized spacial score (nSPS) is 11.6. The van der Waals surface area contributed by atoms with Crippen molar-refractivity contribution < 1.29 is 8.42 Å². The van der Waals surface area contributed by atoms with E-state index in [9.17, 15) is 13.2 Å². The molecule has 1 aromatic carbocycles. The van der Waals surface area contributed by atoms with Crippen molar-refractivity contribution in [1.82, 2.24) is 9.97 Å². The Bertz CT molecular complexity index is 767. The minimum atomic E-state index is -3.05. The van der Waals surface area contributed by atoms with Crippen LogP contribution in [0.5, 0.6) is 0 Å². The maximum absolute atomic E-state index is 11.8. The number of nitrogens with two attached hydrogens (primary N) is 1. The Hall–Kier alpha value is -2.09. The van der Waals surface area contributed by atoms with Crippen LogP contribution >= 0.6 is 0 Å². The van der Waals surface area contributed by atoms with Gasteiger partial charge in [-0.1, -0.05) is 0 Å². The first kappa shape index (κ1) is 13.3. The average Bonchev–Trinajstić information content (AvgIpc) is 2.28. The van der Waals surface area contributed by atoms with Gasteiger partial charge in [-0.05, 0) is 18.2 Å². The van der Waals surface area contributed by atoms with E-state index in [0.29, 0.717) is 16.6 Å². The fourth-order valence-corrected chi connectivity index (χ4v) is 2.07. The van der Waals surface area contributed by atoms with Crippen molar-refractivity contribution in [3.8, 4) is 0 Å². The van der Waals surface area contributed by atoms with E-state index >= 15 is 0 Å². The number of nitrogen functional groups attached to an aromatic ring is 1. The predicted octanol–water partition coefficient (Wildman–Crippen LogP) is -0.0382. The molecule has 7 nitrogen and oxygen atoms in total. The summed E-state index contributed by atoms with van der Waals surface area (Å²) in [5.41, 5.74) is 6.26. The van der Waals surface area contributed by atoms with Gasteiger partial charge in [0.15, 0.2) is 0 Å². The second-order valence-corrected chi connectivity index (χ2v) is 6.51. The molecule has 0 fully saturated rings. The number of aromatic amines is 1. The molecule has 0 spiro atoms. The SMILES string of the molecule is CS(=O)(=O)CCNc1nc2ccc(N)cc2c(=O)[nH]1. The monoisotopic (exact) mass is 282 g/mol. The smallest absolute Gasteiger partial charge is 0.260 e. The molecule has 0 aliphatic carbocycles. The van der Waals surface area contributed by atoms with Gasteiger partial charge in [0, 0.05) is 18.5 Å². The zero-order chi connectivity index (χ0) is 14.0. The molecule has 4 N–H and O–H groups in total. The number of benzene rings is 1. The third-order valence-corrected chi connectivity index (χ3v) is 3.44. The van der Waals surface area contributed by atoms with E-state index in [0.717, 1.165) is 6.26 Å². The summed E-state index contributed by atoms with van der Waals surface area (Å²) in [6.07, 6.45) is 1.15. The summed E-state index contributed by atoms with van der Waals surface area (Å²) >= 11 is 0. The van der Waals surface area contributed by atoms with Crippen LogP contribution in [-0.4, -0.2) is 36.9 Å². The van der Waals surface area contributed by atoms with Gasteiger partial charge in [-0.15, -0.1) is 0 Å². The fourth-order valence-electron chi connectivity index (χ4n) is 1.59. The lowest BCUT2D eigenvalue weighted by atomic mass is 10.2. The van der Waals surface area contributed by atoms with Crippen LogP contribution in [0.4, 0.5) is 11.6 Å². The molecule has 0 amide bonds. The molecule has 8 heteroatoms. The first-order chi connectivity index (χ1) is 8.85.